The largest absolute Gasteiger partial charge is 0.317 e. The standard InChI is InChI=1S/C7H16N2O/c10-8-4-3-7-9-5-1-2-6-9/h8,10H,1-7H2. The molecule has 0 aliphatic carbocycles. The summed E-state index contributed by atoms with van der Waals surface area (Å²) in [4.78, 5) is 2.44. The Kier molecular flexibility index (Phi) is 3.72. The number of hydroxylamine groups is 1. The third-order valence-corrected chi connectivity index (χ3v) is 1.96. The van der Waals surface area contributed by atoms with Crippen molar-refractivity contribution in [2.45, 2.75) is 19.3 Å². The summed E-state index contributed by atoms with van der Waals surface area (Å²) in [5.74, 6) is 0. The Morgan fingerprint density at radius 3 is 2.60 bits per heavy atom. The molecule has 0 aromatic heterocycles. The van der Waals surface area contributed by atoms with Crippen LogP contribution in [0.2, 0.25) is 0 Å². The van der Waals surface area contributed by atoms with Crippen molar-refractivity contribution in [2.75, 3.05) is 26.2 Å². The Morgan fingerprint density at radius 2 is 2.00 bits per heavy atom. The van der Waals surface area contributed by atoms with Crippen LogP contribution in [0.3, 0.4) is 0 Å². The summed E-state index contributed by atoms with van der Waals surface area (Å²) in [5.41, 5.74) is 2.16. The highest BCUT2D eigenvalue weighted by molar-refractivity contribution is 4.65. The highest BCUT2D eigenvalue weighted by Gasteiger charge is 2.09. The van der Waals surface area contributed by atoms with Crippen molar-refractivity contribution in [2.24, 2.45) is 0 Å². The number of nitrogens with one attached hydrogen (secondary N) is 1. The third kappa shape index (κ3) is 2.64. The maximum absolute atomic E-state index is 8.27. The van der Waals surface area contributed by atoms with E-state index in [1.165, 1.54) is 25.9 Å². The highest BCUT2D eigenvalue weighted by Crippen LogP contribution is 2.06. The van der Waals surface area contributed by atoms with Gasteiger partial charge in [-0.05, 0) is 38.9 Å². The predicted octanol–water partition coefficient (Wildman–Crippen LogP) is 0.451. The minimum atomic E-state index is 0.719. The van der Waals surface area contributed by atoms with Gasteiger partial charge in [0, 0.05) is 6.54 Å². The van der Waals surface area contributed by atoms with Crippen molar-refractivity contribution in [3.63, 3.8) is 0 Å². The lowest BCUT2D eigenvalue weighted by molar-refractivity contribution is 0.160. The summed E-state index contributed by atoms with van der Waals surface area (Å²) in [7, 11) is 0. The molecule has 0 atom stereocenters. The summed E-state index contributed by atoms with van der Waals surface area (Å²) >= 11 is 0. The molecule has 0 unspecified atom stereocenters. The van der Waals surface area contributed by atoms with Gasteiger partial charge < -0.3 is 10.1 Å². The summed E-state index contributed by atoms with van der Waals surface area (Å²) in [6, 6.07) is 0. The monoisotopic (exact) mass is 144 g/mol. The molecule has 3 heteroatoms. The number of hydrogen-bond acceptors (Lipinski definition) is 3. The van der Waals surface area contributed by atoms with Crippen molar-refractivity contribution >= 4 is 0 Å². The van der Waals surface area contributed by atoms with Crippen molar-refractivity contribution in [3.8, 4) is 0 Å². The SMILES string of the molecule is ONCCCN1CCCC1. The Balaban J connectivity index is 1.91. The molecule has 0 aromatic carbocycles. The molecule has 0 amide bonds. The number of nitrogens with zero attached hydrogens (tertiary/aromatic N) is 1. The fourth-order valence-electron chi connectivity index (χ4n) is 1.39. The molecule has 1 fully saturated rings. The Bertz CT molecular complexity index is 81.7. The van der Waals surface area contributed by atoms with E-state index in [9.17, 15) is 0 Å². The highest BCUT2D eigenvalue weighted by atomic mass is 16.5. The Morgan fingerprint density at radius 1 is 1.30 bits per heavy atom. The molecule has 0 aromatic rings. The lowest BCUT2D eigenvalue weighted by Gasteiger charge is -2.12. The molecule has 1 aliphatic rings. The van der Waals surface area contributed by atoms with Crippen molar-refractivity contribution < 1.29 is 5.21 Å². The third-order valence-electron chi connectivity index (χ3n) is 1.96. The van der Waals surface area contributed by atoms with Gasteiger partial charge in [0.15, 0.2) is 0 Å². The maximum atomic E-state index is 8.27. The van der Waals surface area contributed by atoms with Crippen LogP contribution in [0.5, 0.6) is 0 Å². The van der Waals surface area contributed by atoms with E-state index in [0.717, 1.165) is 19.5 Å². The van der Waals surface area contributed by atoms with Gasteiger partial charge in [0.2, 0.25) is 0 Å². The molecule has 1 saturated heterocycles. The van der Waals surface area contributed by atoms with Gasteiger partial charge in [0.25, 0.3) is 0 Å². The zero-order valence-corrected chi connectivity index (χ0v) is 6.34. The van der Waals surface area contributed by atoms with Crippen LogP contribution in [0.1, 0.15) is 19.3 Å². The van der Waals surface area contributed by atoms with Gasteiger partial charge >= 0.3 is 0 Å². The van der Waals surface area contributed by atoms with Crippen LogP contribution in [0.15, 0.2) is 0 Å². The van der Waals surface area contributed by atoms with Gasteiger partial charge in [-0.2, -0.15) is 0 Å². The molecule has 1 heterocycles. The van der Waals surface area contributed by atoms with Crippen molar-refractivity contribution in [3.05, 3.63) is 0 Å². The average Bonchev–Trinajstić information content (AvgIpc) is 2.41. The summed E-state index contributed by atoms with van der Waals surface area (Å²) < 4.78 is 0. The van der Waals surface area contributed by atoms with Crippen molar-refractivity contribution in [1.82, 2.24) is 10.4 Å². The molecule has 10 heavy (non-hydrogen) atoms. The quantitative estimate of drug-likeness (QED) is 0.444. The Labute approximate surface area is 62.0 Å². The number of hydrogen-bond donors (Lipinski definition) is 2. The van der Waals surface area contributed by atoms with Crippen LogP contribution >= 0.6 is 0 Å². The van der Waals surface area contributed by atoms with Gasteiger partial charge in [-0.1, -0.05) is 0 Å². The number of likely N-dealkylation sites (tertiary alicyclic amines) is 1. The molecule has 1 aliphatic heterocycles. The van der Waals surface area contributed by atoms with Crippen LogP contribution in [0.4, 0.5) is 0 Å². The first-order chi connectivity index (χ1) is 4.93. The van der Waals surface area contributed by atoms with E-state index in [1.54, 1.807) is 0 Å². The zero-order chi connectivity index (χ0) is 7.23. The van der Waals surface area contributed by atoms with E-state index in [0.29, 0.717) is 0 Å². The molecule has 1 rings (SSSR count). The van der Waals surface area contributed by atoms with Crippen molar-refractivity contribution in [1.29, 1.82) is 0 Å². The topological polar surface area (TPSA) is 35.5 Å². The van der Waals surface area contributed by atoms with Gasteiger partial charge in [-0.3, -0.25) is 0 Å². The summed E-state index contributed by atoms with van der Waals surface area (Å²) in [6.45, 7) is 4.36. The molecule has 2 N–H and O–H groups in total. The van der Waals surface area contributed by atoms with Crippen LogP contribution < -0.4 is 5.48 Å². The Hall–Kier alpha value is -0.120. The van der Waals surface area contributed by atoms with Gasteiger partial charge in [-0.15, -0.1) is 0 Å². The minimum Gasteiger partial charge on any atom is -0.317 e. The van der Waals surface area contributed by atoms with E-state index < -0.39 is 0 Å². The fourth-order valence-corrected chi connectivity index (χ4v) is 1.39. The van der Waals surface area contributed by atoms with Gasteiger partial charge in [-0.25, -0.2) is 5.48 Å². The second-order valence-corrected chi connectivity index (χ2v) is 2.81. The molecule has 0 bridgehead atoms. The molecule has 0 radical (unpaired) electrons. The fraction of sp³-hybridized carbons (Fsp3) is 1.00. The van der Waals surface area contributed by atoms with Gasteiger partial charge in [0.05, 0.1) is 0 Å². The van der Waals surface area contributed by atoms with E-state index in [1.807, 2.05) is 0 Å². The molecule has 3 nitrogen and oxygen atoms in total. The summed E-state index contributed by atoms with van der Waals surface area (Å²) in [5, 5.41) is 8.27. The molecule has 0 saturated carbocycles. The van der Waals surface area contributed by atoms with E-state index in [-0.39, 0.29) is 0 Å². The number of rotatable bonds is 4. The van der Waals surface area contributed by atoms with E-state index in [2.05, 4.69) is 10.4 Å². The minimum absolute atomic E-state index is 0.719. The first-order valence-corrected chi connectivity index (χ1v) is 4.03. The van der Waals surface area contributed by atoms with E-state index in [4.69, 9.17) is 5.21 Å². The second kappa shape index (κ2) is 4.66. The normalized spacial score (nSPS) is 20.1. The lowest BCUT2D eigenvalue weighted by atomic mass is 10.4. The van der Waals surface area contributed by atoms with Crippen LogP contribution in [0, 0.1) is 0 Å². The van der Waals surface area contributed by atoms with Gasteiger partial charge in [0.1, 0.15) is 0 Å². The first kappa shape index (κ1) is 7.98. The molecule has 60 valence electrons. The predicted molar refractivity (Wildman–Crippen MR) is 40.1 cm³/mol. The maximum Gasteiger partial charge on any atom is 0.0219 e. The first-order valence-electron chi connectivity index (χ1n) is 4.03. The van der Waals surface area contributed by atoms with Crippen LogP contribution in [-0.4, -0.2) is 36.3 Å². The molecule has 0 spiro atoms. The van der Waals surface area contributed by atoms with Crippen LogP contribution in [-0.2, 0) is 0 Å². The second-order valence-electron chi connectivity index (χ2n) is 2.81. The lowest BCUT2D eigenvalue weighted by Crippen LogP contribution is -2.23. The average molecular weight is 144 g/mol. The smallest absolute Gasteiger partial charge is 0.0219 e. The zero-order valence-electron chi connectivity index (χ0n) is 6.34. The molecular weight excluding hydrogens is 128 g/mol. The summed E-state index contributed by atoms with van der Waals surface area (Å²) in [6.07, 6.45) is 3.76. The van der Waals surface area contributed by atoms with E-state index >= 15 is 0 Å². The van der Waals surface area contributed by atoms with Crippen LogP contribution in [0.25, 0.3) is 0 Å². The molecular formula is C7H16N2O.